The van der Waals surface area contributed by atoms with E-state index in [-0.39, 0.29) is 6.04 Å². The zero-order valence-corrected chi connectivity index (χ0v) is 12.9. The van der Waals surface area contributed by atoms with Crippen molar-refractivity contribution >= 4 is 11.8 Å². The Morgan fingerprint density at radius 3 is 2.75 bits per heavy atom. The molecule has 1 atom stereocenters. The van der Waals surface area contributed by atoms with Gasteiger partial charge in [-0.1, -0.05) is 36.3 Å². The highest BCUT2D eigenvalue weighted by Crippen LogP contribution is 2.18. The highest BCUT2D eigenvalue weighted by Gasteiger charge is 2.09. The molecule has 0 saturated heterocycles. The molecule has 4 nitrogen and oxygen atoms in total. The Balaban J connectivity index is 1.81. The van der Waals surface area contributed by atoms with Crippen LogP contribution in [0.1, 0.15) is 37.1 Å². The summed E-state index contributed by atoms with van der Waals surface area (Å²) in [4.78, 5) is 1.29. The lowest BCUT2D eigenvalue weighted by molar-refractivity contribution is 0.615. The molecule has 0 bridgehead atoms. The third-order valence-electron chi connectivity index (χ3n) is 3.15. The third-order valence-corrected chi connectivity index (χ3v) is 4.14. The first kappa shape index (κ1) is 15.1. The normalized spacial score (nSPS) is 12.6. The molecule has 0 aliphatic heterocycles. The van der Waals surface area contributed by atoms with Crippen LogP contribution in [0.4, 0.5) is 0 Å². The van der Waals surface area contributed by atoms with Gasteiger partial charge in [-0.3, -0.25) is 4.68 Å². The molecule has 0 spiro atoms. The molecule has 0 aliphatic carbocycles. The second kappa shape index (κ2) is 7.45. The second-order valence-corrected chi connectivity index (χ2v) is 6.13. The first-order valence-electron chi connectivity index (χ1n) is 7.04. The van der Waals surface area contributed by atoms with E-state index < -0.39 is 0 Å². The summed E-state index contributed by atoms with van der Waals surface area (Å²) in [5.41, 5.74) is 8.22. The summed E-state index contributed by atoms with van der Waals surface area (Å²) < 4.78 is 1.88. The van der Waals surface area contributed by atoms with Crippen LogP contribution in [-0.4, -0.2) is 20.7 Å². The standard InChI is InChI=1S/C15H22N4S/c1-3-4-14(16)15-11-19(18-17-15)9-10-20-13-7-5-12(2)6-8-13/h5-8,11,14H,3-4,9-10,16H2,1-2H3. The third kappa shape index (κ3) is 4.35. The quantitative estimate of drug-likeness (QED) is 0.796. The highest BCUT2D eigenvalue weighted by molar-refractivity contribution is 7.99. The summed E-state index contributed by atoms with van der Waals surface area (Å²) in [5, 5.41) is 8.29. The lowest BCUT2D eigenvalue weighted by atomic mass is 10.1. The van der Waals surface area contributed by atoms with E-state index in [1.807, 2.05) is 22.6 Å². The number of thioether (sulfide) groups is 1. The van der Waals surface area contributed by atoms with E-state index in [1.165, 1.54) is 10.5 Å². The van der Waals surface area contributed by atoms with Crippen molar-refractivity contribution < 1.29 is 0 Å². The Morgan fingerprint density at radius 1 is 1.30 bits per heavy atom. The average Bonchev–Trinajstić information content (AvgIpc) is 2.90. The minimum Gasteiger partial charge on any atom is -0.323 e. The van der Waals surface area contributed by atoms with E-state index >= 15 is 0 Å². The fraction of sp³-hybridized carbons (Fsp3) is 0.467. The molecule has 1 aromatic carbocycles. The molecule has 20 heavy (non-hydrogen) atoms. The fourth-order valence-corrected chi connectivity index (χ4v) is 2.79. The first-order chi connectivity index (χ1) is 9.69. The molecule has 108 valence electrons. The van der Waals surface area contributed by atoms with Gasteiger partial charge in [-0.25, -0.2) is 0 Å². The lowest BCUT2D eigenvalue weighted by Gasteiger charge is -2.04. The molecule has 0 radical (unpaired) electrons. The number of aryl methyl sites for hydroxylation is 2. The molecular formula is C15H22N4S. The van der Waals surface area contributed by atoms with Crippen LogP contribution in [0.3, 0.4) is 0 Å². The van der Waals surface area contributed by atoms with Crippen LogP contribution < -0.4 is 5.73 Å². The number of nitrogens with zero attached hydrogens (tertiary/aromatic N) is 3. The summed E-state index contributed by atoms with van der Waals surface area (Å²) >= 11 is 1.83. The molecule has 1 unspecified atom stereocenters. The minimum absolute atomic E-state index is 0.0125. The summed E-state index contributed by atoms with van der Waals surface area (Å²) in [5.74, 6) is 0.981. The lowest BCUT2D eigenvalue weighted by Crippen LogP contribution is -2.10. The Bertz CT molecular complexity index is 521. The molecule has 2 aromatic rings. The van der Waals surface area contributed by atoms with Gasteiger partial charge in [-0.05, 0) is 25.5 Å². The van der Waals surface area contributed by atoms with Gasteiger partial charge < -0.3 is 5.73 Å². The van der Waals surface area contributed by atoms with Crippen LogP contribution in [-0.2, 0) is 6.54 Å². The van der Waals surface area contributed by atoms with Crippen LogP contribution in [0.15, 0.2) is 35.4 Å². The molecular weight excluding hydrogens is 268 g/mol. The van der Waals surface area contributed by atoms with E-state index in [1.54, 1.807) is 0 Å². The number of rotatable bonds is 7. The first-order valence-corrected chi connectivity index (χ1v) is 8.02. The molecule has 1 aromatic heterocycles. The van der Waals surface area contributed by atoms with E-state index in [2.05, 4.69) is 48.4 Å². The van der Waals surface area contributed by atoms with Gasteiger partial charge in [-0.2, -0.15) is 0 Å². The van der Waals surface area contributed by atoms with Crippen LogP contribution in [0, 0.1) is 6.92 Å². The maximum absolute atomic E-state index is 6.03. The van der Waals surface area contributed by atoms with Crippen LogP contribution in [0.25, 0.3) is 0 Å². The van der Waals surface area contributed by atoms with Crippen molar-refractivity contribution in [2.24, 2.45) is 5.73 Å². The van der Waals surface area contributed by atoms with Gasteiger partial charge in [0.2, 0.25) is 0 Å². The minimum atomic E-state index is 0.0125. The average molecular weight is 290 g/mol. The van der Waals surface area contributed by atoms with Crippen molar-refractivity contribution in [2.75, 3.05) is 5.75 Å². The summed E-state index contributed by atoms with van der Waals surface area (Å²) in [6, 6.07) is 8.60. The molecule has 0 fully saturated rings. The molecule has 2 rings (SSSR count). The van der Waals surface area contributed by atoms with Crippen molar-refractivity contribution in [3.8, 4) is 0 Å². The predicted octanol–water partition coefficient (Wildman–Crippen LogP) is 3.18. The molecule has 0 aliphatic rings. The number of hydrogen-bond acceptors (Lipinski definition) is 4. The SMILES string of the molecule is CCCC(N)c1cn(CCSc2ccc(C)cc2)nn1. The summed E-state index contributed by atoms with van der Waals surface area (Å²) in [6.07, 6.45) is 3.99. The second-order valence-electron chi connectivity index (χ2n) is 4.96. The van der Waals surface area contributed by atoms with Crippen molar-refractivity contribution in [1.82, 2.24) is 15.0 Å². The number of aromatic nitrogens is 3. The maximum atomic E-state index is 6.03. The van der Waals surface area contributed by atoms with Gasteiger partial charge in [0.1, 0.15) is 0 Å². The van der Waals surface area contributed by atoms with Gasteiger partial charge in [0.15, 0.2) is 0 Å². The van der Waals surface area contributed by atoms with E-state index in [9.17, 15) is 0 Å². The molecule has 2 N–H and O–H groups in total. The smallest absolute Gasteiger partial charge is 0.0994 e. The van der Waals surface area contributed by atoms with Crippen molar-refractivity contribution in [3.63, 3.8) is 0 Å². The predicted molar refractivity (Wildman–Crippen MR) is 83.8 cm³/mol. The van der Waals surface area contributed by atoms with Crippen molar-refractivity contribution in [3.05, 3.63) is 41.7 Å². The number of nitrogens with two attached hydrogens (primary N) is 1. The largest absolute Gasteiger partial charge is 0.323 e. The molecule has 0 saturated carbocycles. The van der Waals surface area contributed by atoms with Crippen molar-refractivity contribution in [1.29, 1.82) is 0 Å². The van der Waals surface area contributed by atoms with Gasteiger partial charge >= 0.3 is 0 Å². The summed E-state index contributed by atoms with van der Waals surface area (Å²) in [7, 11) is 0. The monoisotopic (exact) mass is 290 g/mol. The topological polar surface area (TPSA) is 56.7 Å². The van der Waals surface area contributed by atoms with E-state index in [0.29, 0.717) is 0 Å². The number of hydrogen-bond donors (Lipinski definition) is 1. The summed E-state index contributed by atoms with van der Waals surface area (Å²) in [6.45, 7) is 5.08. The van der Waals surface area contributed by atoms with Crippen LogP contribution in [0.5, 0.6) is 0 Å². The van der Waals surface area contributed by atoms with Crippen molar-refractivity contribution in [2.45, 2.75) is 44.2 Å². The van der Waals surface area contributed by atoms with Gasteiger partial charge in [0, 0.05) is 10.6 Å². The van der Waals surface area contributed by atoms with Crippen LogP contribution >= 0.6 is 11.8 Å². The number of benzene rings is 1. The van der Waals surface area contributed by atoms with Gasteiger partial charge in [-0.15, -0.1) is 16.9 Å². The van der Waals surface area contributed by atoms with E-state index in [0.717, 1.165) is 30.8 Å². The Kier molecular flexibility index (Phi) is 5.61. The Labute approximate surface area is 124 Å². The van der Waals surface area contributed by atoms with E-state index in [4.69, 9.17) is 5.73 Å². The van der Waals surface area contributed by atoms with Crippen LogP contribution in [0.2, 0.25) is 0 Å². The molecule has 5 heteroatoms. The zero-order valence-electron chi connectivity index (χ0n) is 12.1. The van der Waals surface area contributed by atoms with Gasteiger partial charge in [0.25, 0.3) is 0 Å². The maximum Gasteiger partial charge on any atom is 0.0994 e. The highest BCUT2D eigenvalue weighted by atomic mass is 32.2. The Morgan fingerprint density at radius 2 is 2.05 bits per heavy atom. The van der Waals surface area contributed by atoms with Gasteiger partial charge in [0.05, 0.1) is 24.5 Å². The zero-order chi connectivity index (χ0) is 14.4. The fourth-order valence-electron chi connectivity index (χ4n) is 1.94. The molecule has 1 heterocycles. The molecule has 0 amide bonds. The Hall–Kier alpha value is -1.33.